The Balaban J connectivity index is 0.00000407. The molecule has 0 aromatic carbocycles. The van der Waals surface area contributed by atoms with Gasteiger partial charge < -0.3 is 6.42 Å². The monoisotopic (exact) mass is 641 g/mol. The molecule has 0 N–H and O–H groups in total. The van der Waals surface area contributed by atoms with E-state index in [0.29, 0.717) is 45.3 Å². The predicted molar refractivity (Wildman–Crippen MR) is 138 cm³/mol. The van der Waals surface area contributed by atoms with Crippen molar-refractivity contribution in [3.05, 3.63) is 6.42 Å². The van der Waals surface area contributed by atoms with Crippen LogP contribution in [0.1, 0.15) is 111 Å². The fraction of sp³-hybridized carbons (Fsp3) is 0.963. The van der Waals surface area contributed by atoms with Crippen LogP contribution in [-0.2, 0) is 20.0 Å². The van der Waals surface area contributed by atoms with Crippen LogP contribution in [0.3, 0.4) is 0 Å². The fourth-order valence-corrected chi connectivity index (χ4v) is 13.2. The first-order valence-electron chi connectivity index (χ1n) is 12.0. The quantitative estimate of drug-likeness (QED) is 0.163. The molecule has 30 heavy (non-hydrogen) atoms. The summed E-state index contributed by atoms with van der Waals surface area (Å²) in [4.78, 5) is 0. The van der Waals surface area contributed by atoms with Crippen molar-refractivity contribution in [3.8, 4) is 0 Å². The zero-order valence-electron chi connectivity index (χ0n) is 23.1. The molecule has 5 atom stereocenters. The summed E-state index contributed by atoms with van der Waals surface area (Å²) in [7, 11) is 4.32. The molecule has 1 aliphatic rings. The Labute approximate surface area is 209 Å². The zero-order valence-corrected chi connectivity index (χ0v) is 26.9. The fourth-order valence-electron chi connectivity index (χ4n) is 7.31. The van der Waals surface area contributed by atoms with Crippen molar-refractivity contribution < 1.29 is 20.0 Å². The molecule has 1 fully saturated rings. The summed E-state index contributed by atoms with van der Waals surface area (Å²) in [6, 6.07) is 0. The summed E-state index contributed by atoms with van der Waals surface area (Å²) in [5.41, 5.74) is 0.585. The Hall–Kier alpha value is 1.46. The van der Waals surface area contributed by atoms with Gasteiger partial charge in [0.05, 0.1) is 0 Å². The van der Waals surface area contributed by atoms with Gasteiger partial charge in [-0.15, -0.1) is 13.1 Å². The van der Waals surface area contributed by atoms with Gasteiger partial charge in [-0.25, -0.2) is 0 Å². The molecule has 0 aromatic heterocycles. The summed E-state index contributed by atoms with van der Waals surface area (Å²) < 4.78 is 0. The topological polar surface area (TPSA) is 0 Å². The van der Waals surface area contributed by atoms with E-state index >= 15 is 0 Å². The molecule has 0 nitrogen and oxygen atoms in total. The van der Waals surface area contributed by atoms with Crippen molar-refractivity contribution in [1.82, 2.24) is 0 Å². The SMILES string of the molecule is CC(C)C1(C)[CH-]C(C(C)C)(P(C(C)(C)C)C(C)(C)C)C(C)C(C)(C(C)C)C1C.[Cl][Au]. The van der Waals surface area contributed by atoms with E-state index in [1.165, 1.54) is 0 Å². The van der Waals surface area contributed by atoms with Gasteiger partial charge in [0.25, 0.3) is 0 Å². The van der Waals surface area contributed by atoms with Crippen molar-refractivity contribution in [1.29, 1.82) is 0 Å². The van der Waals surface area contributed by atoms with E-state index < -0.39 is 0 Å². The van der Waals surface area contributed by atoms with Crippen molar-refractivity contribution in [2.75, 3.05) is 0 Å². The molecule has 0 spiro atoms. The van der Waals surface area contributed by atoms with Crippen molar-refractivity contribution in [2.45, 2.75) is 126 Å². The first-order chi connectivity index (χ1) is 13.2. The molecule has 0 aromatic rings. The molecule has 5 unspecified atom stereocenters. The summed E-state index contributed by atoms with van der Waals surface area (Å²) in [5, 5.41) is 0.911. The first-order valence-corrected chi connectivity index (χ1v) is 16.0. The van der Waals surface area contributed by atoms with Crippen LogP contribution in [0.2, 0.25) is 0 Å². The molecule has 1 saturated carbocycles. The van der Waals surface area contributed by atoms with Gasteiger partial charge in [0, 0.05) is 0 Å². The van der Waals surface area contributed by atoms with Gasteiger partial charge in [-0.05, 0) is 21.6 Å². The third-order valence-corrected chi connectivity index (χ3v) is 13.7. The third-order valence-electron chi connectivity index (χ3n) is 9.18. The normalized spacial score (nSPS) is 35.8. The standard InChI is InChI=1S/C27H54P.Au.ClH/c1-18(2)25(15)17-27(20(5)6,28(23(9,10)11)24(12,13)14)22(8)26(16,19(3)4)21(25)7;;/h17-22H,1-16H3;;1H/q-1;+1;/p-1. The van der Waals surface area contributed by atoms with Crippen LogP contribution in [-0.4, -0.2) is 15.5 Å². The average molecular weight is 642 g/mol. The summed E-state index contributed by atoms with van der Waals surface area (Å²) in [6.07, 6.45) is 2.94. The van der Waals surface area contributed by atoms with Gasteiger partial charge in [0.1, 0.15) is 0 Å². The second kappa shape index (κ2) is 10.4. The van der Waals surface area contributed by atoms with Gasteiger partial charge in [-0.2, -0.15) is 5.41 Å². The van der Waals surface area contributed by atoms with Gasteiger partial charge in [-0.1, -0.05) is 134 Å². The molecule has 0 heterocycles. The number of hydrogen-bond donors (Lipinski definition) is 0. The Kier molecular flexibility index (Phi) is 10.9. The maximum absolute atomic E-state index is 4.58. The van der Waals surface area contributed by atoms with Crippen LogP contribution >= 0.6 is 17.1 Å². The van der Waals surface area contributed by atoms with Gasteiger partial charge in [0.2, 0.25) is 0 Å². The minimum atomic E-state index is -0.265. The molecule has 186 valence electrons. The van der Waals surface area contributed by atoms with E-state index in [1.807, 2.05) is 0 Å². The number of rotatable bonds is 4. The molecule has 0 aliphatic heterocycles. The van der Waals surface area contributed by atoms with Crippen molar-refractivity contribution >= 4 is 17.1 Å². The average Bonchev–Trinajstić information content (AvgIpc) is 2.56. The maximum atomic E-state index is 4.58. The van der Waals surface area contributed by atoms with E-state index in [9.17, 15) is 0 Å². The molecular formula is C27H54AuClP-. The molecule has 0 amide bonds. The Morgan fingerprint density at radius 1 is 0.733 bits per heavy atom. The molecule has 0 radical (unpaired) electrons. The molecular weight excluding hydrogens is 588 g/mol. The Morgan fingerprint density at radius 3 is 1.33 bits per heavy atom. The van der Waals surface area contributed by atoms with Gasteiger partial charge in [-0.3, -0.25) is 0 Å². The Morgan fingerprint density at radius 2 is 1.10 bits per heavy atom. The van der Waals surface area contributed by atoms with E-state index in [1.54, 1.807) is 20.0 Å². The van der Waals surface area contributed by atoms with E-state index in [-0.39, 0.29) is 18.5 Å². The van der Waals surface area contributed by atoms with Crippen LogP contribution in [0.25, 0.3) is 0 Å². The first kappa shape index (κ1) is 31.5. The summed E-state index contributed by atoms with van der Waals surface area (Å²) in [5.74, 6) is 3.34. The van der Waals surface area contributed by atoms with E-state index in [4.69, 9.17) is 0 Å². The molecule has 1 aliphatic carbocycles. The minimum absolute atomic E-state index is 0.257. The van der Waals surface area contributed by atoms with Crippen molar-refractivity contribution in [3.63, 3.8) is 0 Å². The third kappa shape index (κ3) is 5.24. The zero-order chi connectivity index (χ0) is 24.7. The second-order valence-electron chi connectivity index (χ2n) is 13.3. The number of hydrogen-bond acceptors (Lipinski definition) is 0. The van der Waals surface area contributed by atoms with E-state index in [2.05, 4.69) is 126 Å². The Bertz CT molecular complexity index is 530. The van der Waals surface area contributed by atoms with Gasteiger partial charge in [0.15, 0.2) is 0 Å². The predicted octanol–water partition coefficient (Wildman–Crippen LogP) is 9.96. The van der Waals surface area contributed by atoms with Crippen LogP contribution in [0.15, 0.2) is 0 Å². The molecule has 0 saturated heterocycles. The van der Waals surface area contributed by atoms with Crippen molar-refractivity contribution in [2.24, 2.45) is 40.4 Å². The summed E-state index contributed by atoms with van der Waals surface area (Å²) in [6.45, 7) is 40.5. The van der Waals surface area contributed by atoms with Gasteiger partial charge >= 0.3 is 29.2 Å². The summed E-state index contributed by atoms with van der Waals surface area (Å²) >= 11 is 1.75. The van der Waals surface area contributed by atoms with E-state index in [0.717, 1.165) is 0 Å². The molecule has 1 rings (SSSR count). The molecule has 3 heteroatoms. The second-order valence-corrected chi connectivity index (χ2v) is 17.5. The molecule has 0 bridgehead atoms. The van der Waals surface area contributed by atoms with Crippen LogP contribution < -0.4 is 0 Å². The van der Waals surface area contributed by atoms with Crippen LogP contribution in [0, 0.1) is 46.8 Å². The number of halogens is 1. The van der Waals surface area contributed by atoms with Crippen LogP contribution in [0.4, 0.5) is 0 Å². The van der Waals surface area contributed by atoms with Crippen LogP contribution in [0.5, 0.6) is 0 Å².